The molecule has 0 saturated carbocycles. The Balaban J connectivity index is 1.87. The van der Waals surface area contributed by atoms with E-state index in [4.69, 9.17) is 0 Å². The van der Waals surface area contributed by atoms with Crippen LogP contribution in [0.2, 0.25) is 0 Å². The van der Waals surface area contributed by atoms with Gasteiger partial charge in [0, 0.05) is 32.0 Å². The average Bonchev–Trinajstić information content (AvgIpc) is 2.81. The Hall–Kier alpha value is -1.58. The zero-order valence-corrected chi connectivity index (χ0v) is 9.57. The molecular weight excluding hydrogens is 202 g/mol. The van der Waals surface area contributed by atoms with Crippen LogP contribution >= 0.6 is 0 Å². The van der Waals surface area contributed by atoms with Gasteiger partial charge in [0.25, 0.3) is 0 Å². The number of rotatable bonds is 2. The van der Waals surface area contributed by atoms with Crippen molar-refractivity contribution in [3.8, 4) is 0 Å². The molecule has 4 heteroatoms. The molecule has 1 N–H and O–H groups in total. The van der Waals surface area contributed by atoms with Crippen molar-refractivity contribution in [1.29, 1.82) is 0 Å². The minimum Gasteiger partial charge on any atom is -0.334 e. The number of pyridine rings is 1. The van der Waals surface area contributed by atoms with Gasteiger partial charge >= 0.3 is 6.03 Å². The summed E-state index contributed by atoms with van der Waals surface area (Å²) in [6, 6.07) is 2.00. The van der Waals surface area contributed by atoms with Crippen LogP contribution in [0.15, 0.2) is 18.5 Å². The Morgan fingerprint density at radius 3 is 2.94 bits per heavy atom. The van der Waals surface area contributed by atoms with E-state index in [9.17, 15) is 4.79 Å². The van der Waals surface area contributed by atoms with Crippen molar-refractivity contribution in [2.45, 2.75) is 26.3 Å². The highest BCUT2D eigenvalue weighted by atomic mass is 16.2. The number of nitrogens with one attached hydrogen (secondary N) is 1. The second-order valence-corrected chi connectivity index (χ2v) is 4.16. The maximum atomic E-state index is 11.7. The Labute approximate surface area is 95.7 Å². The first kappa shape index (κ1) is 10.9. The van der Waals surface area contributed by atoms with E-state index in [-0.39, 0.29) is 6.03 Å². The summed E-state index contributed by atoms with van der Waals surface area (Å²) in [7, 11) is 0. The Kier molecular flexibility index (Phi) is 3.39. The molecule has 0 radical (unpaired) electrons. The highest BCUT2D eigenvalue weighted by Gasteiger charge is 2.17. The molecule has 1 aromatic rings. The molecule has 0 aliphatic carbocycles. The molecule has 2 rings (SSSR count). The summed E-state index contributed by atoms with van der Waals surface area (Å²) >= 11 is 0. The molecule has 1 aromatic heterocycles. The summed E-state index contributed by atoms with van der Waals surface area (Å²) in [6.07, 6.45) is 5.82. The van der Waals surface area contributed by atoms with Crippen LogP contribution in [0.4, 0.5) is 4.79 Å². The standard InChI is InChI=1S/C12H17N3O/c1-10-4-5-13-8-11(10)9-14-12(16)15-6-2-3-7-15/h4-5,8H,2-3,6-7,9H2,1H3,(H,14,16). The van der Waals surface area contributed by atoms with Crippen LogP contribution in [0.1, 0.15) is 24.0 Å². The van der Waals surface area contributed by atoms with Crippen molar-refractivity contribution in [2.24, 2.45) is 0 Å². The molecule has 0 unspecified atom stereocenters. The Bertz CT molecular complexity index is 372. The van der Waals surface area contributed by atoms with E-state index < -0.39 is 0 Å². The molecule has 1 aliphatic rings. The number of urea groups is 1. The van der Waals surface area contributed by atoms with Crippen molar-refractivity contribution in [2.75, 3.05) is 13.1 Å². The van der Waals surface area contributed by atoms with Crippen molar-refractivity contribution in [3.05, 3.63) is 29.6 Å². The maximum absolute atomic E-state index is 11.7. The van der Waals surface area contributed by atoms with E-state index in [1.165, 1.54) is 0 Å². The lowest BCUT2D eigenvalue weighted by atomic mass is 10.2. The summed E-state index contributed by atoms with van der Waals surface area (Å²) < 4.78 is 0. The van der Waals surface area contributed by atoms with Crippen molar-refractivity contribution >= 4 is 6.03 Å². The summed E-state index contributed by atoms with van der Waals surface area (Å²) in [5, 5.41) is 2.93. The van der Waals surface area contributed by atoms with Gasteiger partial charge in [-0.1, -0.05) is 0 Å². The van der Waals surface area contributed by atoms with Crippen molar-refractivity contribution < 1.29 is 4.79 Å². The third-order valence-electron chi connectivity index (χ3n) is 2.97. The van der Waals surface area contributed by atoms with Crippen LogP contribution < -0.4 is 5.32 Å². The zero-order valence-electron chi connectivity index (χ0n) is 9.57. The largest absolute Gasteiger partial charge is 0.334 e. The molecule has 16 heavy (non-hydrogen) atoms. The van der Waals surface area contributed by atoms with E-state index in [0.29, 0.717) is 6.54 Å². The van der Waals surface area contributed by atoms with Gasteiger partial charge in [-0.25, -0.2) is 4.79 Å². The second-order valence-electron chi connectivity index (χ2n) is 4.16. The van der Waals surface area contributed by atoms with Gasteiger partial charge in [-0.05, 0) is 37.0 Å². The predicted octanol–water partition coefficient (Wildman–Crippen LogP) is 1.70. The van der Waals surface area contributed by atoms with Gasteiger partial charge in [0.1, 0.15) is 0 Å². The average molecular weight is 219 g/mol. The minimum atomic E-state index is 0.0424. The lowest BCUT2D eigenvalue weighted by molar-refractivity contribution is 0.208. The minimum absolute atomic E-state index is 0.0424. The number of likely N-dealkylation sites (tertiary alicyclic amines) is 1. The highest BCUT2D eigenvalue weighted by molar-refractivity contribution is 5.74. The quantitative estimate of drug-likeness (QED) is 0.822. The van der Waals surface area contributed by atoms with Gasteiger partial charge in [-0.3, -0.25) is 4.98 Å². The molecule has 1 saturated heterocycles. The number of nitrogens with zero attached hydrogens (tertiary/aromatic N) is 2. The molecular formula is C12H17N3O. The summed E-state index contributed by atoms with van der Waals surface area (Å²) in [6.45, 7) is 4.36. The second kappa shape index (κ2) is 4.96. The fraction of sp³-hybridized carbons (Fsp3) is 0.500. The van der Waals surface area contributed by atoms with Crippen LogP contribution in [0.3, 0.4) is 0 Å². The summed E-state index contributed by atoms with van der Waals surface area (Å²) in [5.74, 6) is 0. The fourth-order valence-corrected chi connectivity index (χ4v) is 1.88. The van der Waals surface area contributed by atoms with Gasteiger partial charge in [0.2, 0.25) is 0 Å². The topological polar surface area (TPSA) is 45.2 Å². The van der Waals surface area contributed by atoms with Crippen LogP contribution in [-0.2, 0) is 6.54 Å². The zero-order chi connectivity index (χ0) is 11.4. The van der Waals surface area contributed by atoms with E-state index in [1.54, 1.807) is 12.4 Å². The summed E-state index contributed by atoms with van der Waals surface area (Å²) in [4.78, 5) is 17.6. The normalized spacial score (nSPS) is 15.2. The van der Waals surface area contributed by atoms with Crippen molar-refractivity contribution in [1.82, 2.24) is 15.2 Å². The van der Waals surface area contributed by atoms with E-state index in [2.05, 4.69) is 10.3 Å². The number of carbonyl (C=O) groups excluding carboxylic acids is 1. The molecule has 2 heterocycles. The van der Waals surface area contributed by atoms with Gasteiger partial charge in [-0.2, -0.15) is 0 Å². The van der Waals surface area contributed by atoms with Gasteiger partial charge < -0.3 is 10.2 Å². The van der Waals surface area contributed by atoms with Gasteiger partial charge in [-0.15, -0.1) is 0 Å². The Morgan fingerprint density at radius 1 is 1.50 bits per heavy atom. The predicted molar refractivity (Wildman–Crippen MR) is 62.0 cm³/mol. The third kappa shape index (κ3) is 2.51. The van der Waals surface area contributed by atoms with Gasteiger partial charge in [0.05, 0.1) is 0 Å². The molecule has 1 fully saturated rings. The van der Waals surface area contributed by atoms with E-state index >= 15 is 0 Å². The molecule has 4 nitrogen and oxygen atoms in total. The van der Waals surface area contributed by atoms with Crippen LogP contribution in [0.5, 0.6) is 0 Å². The van der Waals surface area contributed by atoms with E-state index in [1.807, 2.05) is 17.9 Å². The molecule has 1 aliphatic heterocycles. The SMILES string of the molecule is Cc1ccncc1CNC(=O)N1CCCC1. The third-order valence-corrected chi connectivity index (χ3v) is 2.97. The van der Waals surface area contributed by atoms with E-state index in [0.717, 1.165) is 37.1 Å². The number of amides is 2. The molecule has 0 bridgehead atoms. The maximum Gasteiger partial charge on any atom is 0.317 e. The number of carbonyl (C=O) groups is 1. The van der Waals surface area contributed by atoms with Gasteiger partial charge in [0.15, 0.2) is 0 Å². The first-order valence-corrected chi connectivity index (χ1v) is 5.69. The van der Waals surface area contributed by atoms with Crippen LogP contribution in [0, 0.1) is 6.92 Å². The number of hydrogen-bond acceptors (Lipinski definition) is 2. The molecule has 2 amide bonds. The lowest BCUT2D eigenvalue weighted by Gasteiger charge is -2.16. The molecule has 0 spiro atoms. The fourth-order valence-electron chi connectivity index (χ4n) is 1.88. The number of aryl methyl sites for hydroxylation is 1. The van der Waals surface area contributed by atoms with Crippen LogP contribution in [0.25, 0.3) is 0 Å². The highest BCUT2D eigenvalue weighted by Crippen LogP contribution is 2.08. The first-order chi connectivity index (χ1) is 7.77. The molecule has 0 atom stereocenters. The Morgan fingerprint density at radius 2 is 2.25 bits per heavy atom. The first-order valence-electron chi connectivity index (χ1n) is 5.69. The molecule has 0 aromatic carbocycles. The lowest BCUT2D eigenvalue weighted by Crippen LogP contribution is -2.37. The van der Waals surface area contributed by atoms with Crippen molar-refractivity contribution in [3.63, 3.8) is 0 Å². The monoisotopic (exact) mass is 219 g/mol. The smallest absolute Gasteiger partial charge is 0.317 e. The number of aromatic nitrogens is 1. The van der Waals surface area contributed by atoms with Crippen LogP contribution in [-0.4, -0.2) is 29.0 Å². The number of hydrogen-bond donors (Lipinski definition) is 1. The summed E-state index contributed by atoms with van der Waals surface area (Å²) in [5.41, 5.74) is 2.24. The molecule has 86 valence electrons.